The highest BCUT2D eigenvalue weighted by Gasteiger charge is 2.01. The van der Waals surface area contributed by atoms with Crippen LogP contribution < -0.4 is 5.19 Å². The maximum absolute atomic E-state index is 2.33. The Bertz CT molecular complexity index is 501. The SMILES string of the molecule is CCC(C)c1ccc([SiH2]C)cc1.CCC(C)c1ccccc1. The Morgan fingerprint density at radius 3 is 1.59 bits per heavy atom. The average molecular weight is 313 g/mol. The number of hydrogen-bond acceptors (Lipinski definition) is 0. The van der Waals surface area contributed by atoms with Gasteiger partial charge in [0.25, 0.3) is 0 Å². The van der Waals surface area contributed by atoms with E-state index in [4.69, 9.17) is 0 Å². The number of benzene rings is 2. The lowest BCUT2D eigenvalue weighted by Crippen LogP contribution is -2.09. The van der Waals surface area contributed by atoms with E-state index in [0.717, 1.165) is 5.92 Å². The van der Waals surface area contributed by atoms with Crippen molar-refractivity contribution in [2.75, 3.05) is 0 Å². The zero-order chi connectivity index (χ0) is 16.4. The molecule has 2 rings (SSSR count). The van der Waals surface area contributed by atoms with E-state index < -0.39 is 0 Å². The van der Waals surface area contributed by atoms with E-state index in [2.05, 4.69) is 88.8 Å². The molecule has 0 heterocycles. The molecule has 0 aromatic heterocycles. The summed E-state index contributed by atoms with van der Waals surface area (Å²) in [6, 6.07) is 19.8. The molecule has 0 aliphatic carbocycles. The van der Waals surface area contributed by atoms with Crippen molar-refractivity contribution in [3.05, 3.63) is 65.7 Å². The van der Waals surface area contributed by atoms with Crippen LogP contribution in [0.3, 0.4) is 0 Å². The first-order valence-electron chi connectivity index (χ1n) is 8.76. The molecule has 0 saturated carbocycles. The van der Waals surface area contributed by atoms with Crippen molar-refractivity contribution in [3.8, 4) is 0 Å². The molecular weight excluding hydrogens is 280 g/mol. The first-order chi connectivity index (χ1) is 10.6. The fraction of sp³-hybridized carbons (Fsp3) is 0.429. The lowest BCUT2D eigenvalue weighted by molar-refractivity contribution is 0.733. The standard InChI is InChI=1S/C11H18Si.C10H14/c1-4-9(2)10-5-7-11(12-3)8-6-10;1-3-9(2)10-7-5-4-6-8-10/h5-9H,4,12H2,1-3H3;4-9H,3H2,1-2H3. The molecule has 0 spiro atoms. The summed E-state index contributed by atoms with van der Waals surface area (Å²) in [6.45, 7) is 11.3. The van der Waals surface area contributed by atoms with Crippen LogP contribution in [0.15, 0.2) is 54.6 Å². The largest absolute Gasteiger partial charge is 0.0708 e. The second-order valence-electron chi connectivity index (χ2n) is 6.12. The molecule has 0 amide bonds. The van der Waals surface area contributed by atoms with Gasteiger partial charge in [0.15, 0.2) is 0 Å². The van der Waals surface area contributed by atoms with Gasteiger partial charge in [0.05, 0.1) is 9.52 Å². The van der Waals surface area contributed by atoms with Crippen LogP contribution in [0.1, 0.15) is 63.5 Å². The summed E-state index contributed by atoms with van der Waals surface area (Å²) in [5, 5.41) is 1.57. The molecule has 2 aromatic carbocycles. The van der Waals surface area contributed by atoms with Crippen molar-refractivity contribution < 1.29 is 0 Å². The maximum atomic E-state index is 2.33. The highest BCUT2D eigenvalue weighted by atomic mass is 28.2. The molecule has 1 heteroatoms. The summed E-state index contributed by atoms with van der Waals surface area (Å²) in [5.41, 5.74) is 2.94. The van der Waals surface area contributed by atoms with Crippen molar-refractivity contribution in [1.29, 1.82) is 0 Å². The summed E-state index contributed by atoms with van der Waals surface area (Å²) in [4.78, 5) is 0. The number of rotatable bonds is 5. The molecule has 2 unspecified atom stereocenters. The molecule has 2 atom stereocenters. The van der Waals surface area contributed by atoms with Crippen molar-refractivity contribution in [2.24, 2.45) is 0 Å². The van der Waals surface area contributed by atoms with E-state index in [1.165, 1.54) is 24.0 Å². The van der Waals surface area contributed by atoms with Gasteiger partial charge in [-0.1, -0.05) is 94.0 Å². The summed E-state index contributed by atoms with van der Waals surface area (Å²) in [6.07, 6.45) is 2.47. The third-order valence-corrected chi connectivity index (χ3v) is 5.84. The Morgan fingerprint density at radius 2 is 1.18 bits per heavy atom. The Labute approximate surface area is 139 Å². The minimum absolute atomic E-state index is 0.0444. The summed E-state index contributed by atoms with van der Waals surface area (Å²) >= 11 is 0. The van der Waals surface area contributed by atoms with Gasteiger partial charge in [-0.3, -0.25) is 0 Å². The van der Waals surface area contributed by atoms with Gasteiger partial charge in [-0.15, -0.1) is 0 Å². The monoisotopic (exact) mass is 312 g/mol. The lowest BCUT2D eigenvalue weighted by Gasteiger charge is -2.08. The highest BCUT2D eigenvalue weighted by molar-refractivity contribution is 6.51. The van der Waals surface area contributed by atoms with E-state index in [1.54, 1.807) is 5.19 Å². The topological polar surface area (TPSA) is 0 Å². The minimum Gasteiger partial charge on any atom is -0.0708 e. The first-order valence-corrected chi connectivity index (χ1v) is 10.9. The van der Waals surface area contributed by atoms with Crippen LogP contribution in [0.2, 0.25) is 6.55 Å². The van der Waals surface area contributed by atoms with Crippen LogP contribution in [-0.4, -0.2) is 9.52 Å². The second-order valence-corrected chi connectivity index (χ2v) is 7.65. The molecule has 0 radical (unpaired) electrons. The second kappa shape index (κ2) is 10.4. The van der Waals surface area contributed by atoms with Gasteiger partial charge >= 0.3 is 0 Å². The van der Waals surface area contributed by atoms with E-state index in [0.29, 0.717) is 5.92 Å². The van der Waals surface area contributed by atoms with Crippen molar-refractivity contribution in [2.45, 2.75) is 58.9 Å². The van der Waals surface area contributed by atoms with Gasteiger partial charge in [0.1, 0.15) is 0 Å². The Hall–Kier alpha value is -1.34. The molecule has 0 fully saturated rings. The molecular formula is C21H32Si. The smallest absolute Gasteiger partial charge is 0.0517 e. The van der Waals surface area contributed by atoms with E-state index in [9.17, 15) is 0 Å². The van der Waals surface area contributed by atoms with Gasteiger partial charge in [-0.2, -0.15) is 0 Å². The molecule has 22 heavy (non-hydrogen) atoms. The third-order valence-electron chi connectivity index (χ3n) is 4.55. The van der Waals surface area contributed by atoms with Crippen LogP contribution in [0.4, 0.5) is 0 Å². The van der Waals surface area contributed by atoms with Crippen molar-refractivity contribution in [3.63, 3.8) is 0 Å². The maximum Gasteiger partial charge on any atom is 0.0517 e. The Kier molecular flexibility index (Phi) is 8.84. The Morgan fingerprint density at radius 1 is 0.727 bits per heavy atom. The van der Waals surface area contributed by atoms with Crippen LogP contribution >= 0.6 is 0 Å². The zero-order valence-electron chi connectivity index (χ0n) is 15.0. The summed E-state index contributed by atoms with van der Waals surface area (Å²) < 4.78 is 0. The lowest BCUT2D eigenvalue weighted by atomic mass is 9.99. The Balaban J connectivity index is 0.000000224. The van der Waals surface area contributed by atoms with Gasteiger partial charge < -0.3 is 0 Å². The number of hydrogen-bond donors (Lipinski definition) is 0. The van der Waals surface area contributed by atoms with Crippen LogP contribution in [0.5, 0.6) is 0 Å². The fourth-order valence-electron chi connectivity index (χ4n) is 2.33. The van der Waals surface area contributed by atoms with Gasteiger partial charge in [0, 0.05) is 0 Å². The molecule has 0 saturated heterocycles. The first kappa shape index (κ1) is 18.7. The predicted molar refractivity (Wildman–Crippen MR) is 104 cm³/mol. The van der Waals surface area contributed by atoms with Crippen molar-refractivity contribution >= 4 is 14.7 Å². The van der Waals surface area contributed by atoms with Crippen LogP contribution in [-0.2, 0) is 0 Å². The predicted octanol–water partition coefficient (Wildman–Crippen LogP) is 5.24. The molecule has 0 aliphatic rings. The third kappa shape index (κ3) is 6.19. The molecule has 2 aromatic rings. The molecule has 0 bridgehead atoms. The summed E-state index contributed by atoms with van der Waals surface area (Å²) in [7, 11) is 0.0444. The zero-order valence-corrected chi connectivity index (χ0v) is 16.4. The molecule has 120 valence electrons. The minimum atomic E-state index is 0.0444. The van der Waals surface area contributed by atoms with E-state index >= 15 is 0 Å². The van der Waals surface area contributed by atoms with Crippen LogP contribution in [0.25, 0.3) is 0 Å². The van der Waals surface area contributed by atoms with Gasteiger partial charge in [-0.25, -0.2) is 0 Å². The van der Waals surface area contributed by atoms with E-state index in [1.807, 2.05) is 0 Å². The molecule has 0 nitrogen and oxygen atoms in total. The van der Waals surface area contributed by atoms with Gasteiger partial charge in [-0.05, 0) is 35.8 Å². The van der Waals surface area contributed by atoms with Crippen molar-refractivity contribution in [1.82, 2.24) is 0 Å². The fourth-order valence-corrected chi connectivity index (χ4v) is 3.04. The van der Waals surface area contributed by atoms with E-state index in [-0.39, 0.29) is 9.52 Å². The highest BCUT2D eigenvalue weighted by Crippen LogP contribution is 2.17. The molecule has 0 N–H and O–H groups in total. The molecule has 0 aliphatic heterocycles. The van der Waals surface area contributed by atoms with Gasteiger partial charge in [0.2, 0.25) is 0 Å². The van der Waals surface area contributed by atoms with Crippen LogP contribution in [0, 0.1) is 0 Å². The normalized spacial score (nSPS) is 13.5. The summed E-state index contributed by atoms with van der Waals surface area (Å²) in [5.74, 6) is 1.43. The average Bonchev–Trinajstić information content (AvgIpc) is 2.61. The quantitative estimate of drug-likeness (QED) is 0.662.